The Morgan fingerprint density at radius 3 is 2.23 bits per heavy atom. The highest BCUT2D eigenvalue weighted by atomic mass is 35.5. The van der Waals surface area contributed by atoms with Gasteiger partial charge in [0.2, 0.25) is 5.91 Å². The smallest absolute Gasteiger partial charge is 0.264 e. The fraction of sp³-hybridized carbons (Fsp3) is 0.435. The predicted molar refractivity (Wildman–Crippen MR) is 123 cm³/mol. The maximum absolute atomic E-state index is 13.5. The van der Waals surface area contributed by atoms with E-state index in [2.05, 4.69) is 0 Å². The number of hydrogen-bond acceptors (Lipinski definition) is 4. The van der Waals surface area contributed by atoms with E-state index in [-0.39, 0.29) is 23.4 Å². The van der Waals surface area contributed by atoms with Gasteiger partial charge in [0.05, 0.1) is 17.2 Å². The van der Waals surface area contributed by atoms with E-state index in [0.717, 1.165) is 30.0 Å². The molecule has 1 amide bonds. The topological polar surface area (TPSA) is 66.9 Å². The van der Waals surface area contributed by atoms with E-state index in [1.165, 1.54) is 30.7 Å². The number of anilines is 1. The molecule has 2 aromatic carbocycles. The predicted octanol–water partition coefficient (Wildman–Crippen LogP) is 4.73. The minimum atomic E-state index is -3.97. The molecule has 0 saturated heterocycles. The zero-order chi connectivity index (χ0) is 22.4. The maximum Gasteiger partial charge on any atom is 0.264 e. The van der Waals surface area contributed by atoms with Crippen LogP contribution in [0.2, 0.25) is 5.02 Å². The van der Waals surface area contributed by atoms with Gasteiger partial charge in [-0.25, -0.2) is 8.42 Å². The van der Waals surface area contributed by atoms with Crippen LogP contribution >= 0.6 is 11.6 Å². The van der Waals surface area contributed by atoms with Crippen LogP contribution in [-0.4, -0.2) is 45.5 Å². The van der Waals surface area contributed by atoms with Crippen molar-refractivity contribution in [2.24, 2.45) is 0 Å². The number of carbonyl (C=O) groups is 1. The van der Waals surface area contributed by atoms with Crippen LogP contribution in [-0.2, 0) is 14.8 Å². The number of halogens is 1. The molecule has 0 N–H and O–H groups in total. The molecule has 2 aromatic rings. The van der Waals surface area contributed by atoms with Crippen molar-refractivity contribution in [1.29, 1.82) is 0 Å². The first-order valence-corrected chi connectivity index (χ1v) is 12.4. The second-order valence-electron chi connectivity index (χ2n) is 7.69. The lowest BCUT2D eigenvalue weighted by molar-refractivity contribution is -0.130. The van der Waals surface area contributed by atoms with Crippen molar-refractivity contribution in [3.63, 3.8) is 0 Å². The van der Waals surface area contributed by atoms with Crippen molar-refractivity contribution < 1.29 is 17.9 Å². The molecule has 3 rings (SSSR count). The number of carbonyl (C=O) groups excluding carboxylic acids is 1. The third-order valence-electron chi connectivity index (χ3n) is 5.63. The van der Waals surface area contributed by atoms with Gasteiger partial charge in [-0.15, -0.1) is 0 Å². The van der Waals surface area contributed by atoms with Crippen molar-refractivity contribution in [3.05, 3.63) is 53.6 Å². The number of nitrogens with zero attached hydrogens (tertiary/aromatic N) is 2. The van der Waals surface area contributed by atoms with E-state index >= 15 is 0 Å². The Bertz CT molecular complexity index is 972. The monoisotopic (exact) mass is 464 g/mol. The summed E-state index contributed by atoms with van der Waals surface area (Å²) >= 11 is 5.93. The van der Waals surface area contributed by atoms with Gasteiger partial charge >= 0.3 is 0 Å². The first-order valence-electron chi connectivity index (χ1n) is 10.6. The molecule has 0 radical (unpaired) electrons. The molecule has 1 aliphatic carbocycles. The minimum absolute atomic E-state index is 0.0823. The van der Waals surface area contributed by atoms with Crippen LogP contribution in [0.1, 0.15) is 39.0 Å². The van der Waals surface area contributed by atoms with Crippen molar-refractivity contribution in [3.8, 4) is 5.75 Å². The Labute approximate surface area is 189 Å². The van der Waals surface area contributed by atoms with Gasteiger partial charge < -0.3 is 9.64 Å². The number of rotatable bonds is 8. The normalized spacial score (nSPS) is 14.8. The number of hydrogen-bond donors (Lipinski definition) is 0. The molecule has 1 saturated carbocycles. The zero-order valence-electron chi connectivity index (χ0n) is 18.0. The zero-order valence-corrected chi connectivity index (χ0v) is 19.5. The lowest BCUT2D eigenvalue weighted by Crippen LogP contribution is -2.45. The summed E-state index contributed by atoms with van der Waals surface area (Å²) in [7, 11) is -2.20. The molecule has 6 nitrogen and oxygen atoms in total. The van der Waals surface area contributed by atoms with Crippen LogP contribution in [0, 0.1) is 0 Å². The van der Waals surface area contributed by atoms with Gasteiger partial charge in [-0.2, -0.15) is 0 Å². The van der Waals surface area contributed by atoms with E-state index in [9.17, 15) is 13.2 Å². The van der Waals surface area contributed by atoms with Gasteiger partial charge in [-0.05, 0) is 68.3 Å². The van der Waals surface area contributed by atoms with Crippen LogP contribution in [0.25, 0.3) is 0 Å². The average Bonchev–Trinajstić information content (AvgIpc) is 2.78. The SMILES string of the molecule is CCOc1ccc(N(CC(=O)N(C)C2CCCCC2)S(=O)(=O)c2ccc(Cl)cc2)cc1. The van der Waals surface area contributed by atoms with Crippen LogP contribution in [0.3, 0.4) is 0 Å². The molecule has 168 valence electrons. The molecule has 0 aliphatic heterocycles. The second-order valence-corrected chi connectivity index (χ2v) is 9.99. The molecular formula is C23H29ClN2O4S. The average molecular weight is 465 g/mol. The summed E-state index contributed by atoms with van der Waals surface area (Å²) in [6.07, 6.45) is 5.27. The molecule has 1 aliphatic rings. The number of benzene rings is 2. The van der Waals surface area contributed by atoms with E-state index in [1.54, 1.807) is 36.2 Å². The number of ether oxygens (including phenoxy) is 1. The summed E-state index contributed by atoms with van der Waals surface area (Å²) in [5.74, 6) is 0.416. The summed E-state index contributed by atoms with van der Waals surface area (Å²) in [5, 5.41) is 0.444. The first kappa shape index (κ1) is 23.4. The Kier molecular flexibility index (Phi) is 7.84. The standard InChI is InChI=1S/C23H29ClN2O4S/c1-3-30-21-13-11-20(12-14-21)26(31(28,29)22-15-9-18(24)10-16-22)17-23(27)25(2)19-7-5-4-6-8-19/h9-16,19H,3-8,17H2,1-2H3. The largest absolute Gasteiger partial charge is 0.494 e. The Morgan fingerprint density at radius 2 is 1.65 bits per heavy atom. The molecule has 0 atom stereocenters. The van der Waals surface area contributed by atoms with Crippen molar-refractivity contribution in [2.75, 3.05) is 24.5 Å². The maximum atomic E-state index is 13.5. The summed E-state index contributed by atoms with van der Waals surface area (Å²) in [6.45, 7) is 2.12. The van der Waals surface area contributed by atoms with Crippen LogP contribution in [0.15, 0.2) is 53.4 Å². The first-order chi connectivity index (χ1) is 14.8. The molecule has 0 aromatic heterocycles. The highest BCUT2D eigenvalue weighted by Crippen LogP contribution is 2.28. The molecule has 0 spiro atoms. The number of amides is 1. The van der Waals surface area contributed by atoms with Crippen molar-refractivity contribution in [1.82, 2.24) is 4.90 Å². The van der Waals surface area contributed by atoms with Gasteiger partial charge in [0.1, 0.15) is 12.3 Å². The lowest BCUT2D eigenvalue weighted by Gasteiger charge is -2.33. The van der Waals surface area contributed by atoms with Crippen molar-refractivity contribution >= 4 is 33.2 Å². The third-order valence-corrected chi connectivity index (χ3v) is 7.67. The summed E-state index contributed by atoms with van der Waals surface area (Å²) < 4.78 is 33.6. The molecule has 0 bridgehead atoms. The fourth-order valence-corrected chi connectivity index (χ4v) is 5.37. The van der Waals surface area contributed by atoms with Crippen LogP contribution < -0.4 is 9.04 Å². The fourth-order valence-electron chi connectivity index (χ4n) is 3.83. The second kappa shape index (κ2) is 10.4. The van der Waals surface area contributed by atoms with Gasteiger partial charge in [-0.1, -0.05) is 30.9 Å². The molecular weight excluding hydrogens is 436 g/mol. The third kappa shape index (κ3) is 5.71. The lowest BCUT2D eigenvalue weighted by atomic mass is 9.94. The van der Waals surface area contributed by atoms with Gasteiger partial charge in [0.15, 0.2) is 0 Å². The van der Waals surface area contributed by atoms with E-state index in [4.69, 9.17) is 16.3 Å². The molecule has 0 heterocycles. The van der Waals surface area contributed by atoms with Gasteiger partial charge in [0, 0.05) is 18.1 Å². The number of likely N-dealkylation sites (N-methyl/N-ethyl adjacent to an activating group) is 1. The summed E-state index contributed by atoms with van der Waals surface area (Å²) in [5.41, 5.74) is 0.406. The van der Waals surface area contributed by atoms with Gasteiger partial charge in [-0.3, -0.25) is 9.10 Å². The Balaban J connectivity index is 1.91. The molecule has 8 heteroatoms. The van der Waals surface area contributed by atoms with Gasteiger partial charge in [0.25, 0.3) is 10.0 Å². The van der Waals surface area contributed by atoms with Crippen molar-refractivity contribution in [2.45, 2.75) is 50.0 Å². The van der Waals surface area contributed by atoms with Crippen LogP contribution in [0.5, 0.6) is 5.75 Å². The summed E-state index contributed by atoms with van der Waals surface area (Å²) in [6, 6.07) is 12.8. The van der Waals surface area contributed by atoms with Crippen LogP contribution in [0.4, 0.5) is 5.69 Å². The Hall–Kier alpha value is -2.25. The molecule has 1 fully saturated rings. The summed E-state index contributed by atoms with van der Waals surface area (Å²) in [4.78, 5) is 14.9. The highest BCUT2D eigenvalue weighted by molar-refractivity contribution is 7.92. The van der Waals surface area contributed by atoms with E-state index in [1.807, 2.05) is 6.92 Å². The minimum Gasteiger partial charge on any atom is -0.494 e. The molecule has 31 heavy (non-hydrogen) atoms. The quantitative estimate of drug-likeness (QED) is 0.566. The number of sulfonamides is 1. The molecule has 0 unspecified atom stereocenters. The van der Waals surface area contributed by atoms with E-state index in [0.29, 0.717) is 23.1 Å². The highest BCUT2D eigenvalue weighted by Gasteiger charge is 2.30. The Morgan fingerprint density at radius 1 is 1.03 bits per heavy atom. The van der Waals surface area contributed by atoms with E-state index < -0.39 is 10.0 Å².